The largest absolute Gasteiger partial charge is 0.369 e. The molecule has 0 radical (unpaired) electrons. The van der Waals surface area contributed by atoms with Crippen molar-refractivity contribution in [2.24, 2.45) is 5.73 Å². The van der Waals surface area contributed by atoms with E-state index in [-0.39, 0.29) is 23.9 Å². The van der Waals surface area contributed by atoms with Crippen molar-refractivity contribution < 1.29 is 9.59 Å². The molecule has 2 heterocycles. The van der Waals surface area contributed by atoms with E-state index >= 15 is 0 Å². The highest BCUT2D eigenvalue weighted by Gasteiger charge is 2.38. The molecule has 0 aliphatic carbocycles. The molecule has 0 bridgehead atoms. The third-order valence-corrected chi connectivity index (χ3v) is 8.94. The first kappa shape index (κ1) is 30.9. The summed E-state index contributed by atoms with van der Waals surface area (Å²) in [5, 5.41) is 3.27. The predicted molar refractivity (Wildman–Crippen MR) is 173 cm³/mol. The van der Waals surface area contributed by atoms with E-state index in [0.29, 0.717) is 48.3 Å². The molecule has 0 saturated carbocycles. The Balaban J connectivity index is 1.31. The SMILES string of the molecule is Cc1nc(N)[nH]c1CCC[C@H]1CN(C(=O)Cc2ccc3ccccc3c2)[C@H](C)CN1C(=O)[C@H](N)Cc1ccc(Cl)cc1Cl. The van der Waals surface area contributed by atoms with E-state index in [1.165, 1.54) is 0 Å². The summed E-state index contributed by atoms with van der Waals surface area (Å²) in [5.74, 6) is 0.300. The molecular formula is C33H38Cl2N6O2. The zero-order valence-electron chi connectivity index (χ0n) is 24.5. The number of anilines is 1. The summed E-state index contributed by atoms with van der Waals surface area (Å²) in [5.41, 5.74) is 15.9. The van der Waals surface area contributed by atoms with Crippen LogP contribution in [0.25, 0.3) is 10.8 Å². The van der Waals surface area contributed by atoms with E-state index in [4.69, 9.17) is 34.7 Å². The number of carbonyl (C=O) groups excluding carboxylic acids is 2. The molecule has 43 heavy (non-hydrogen) atoms. The lowest BCUT2D eigenvalue weighted by atomic mass is 9.97. The number of amides is 2. The molecule has 1 aromatic heterocycles. The highest BCUT2D eigenvalue weighted by molar-refractivity contribution is 6.35. The molecule has 10 heteroatoms. The number of imidazole rings is 1. The van der Waals surface area contributed by atoms with Crippen molar-refractivity contribution in [2.45, 2.75) is 64.1 Å². The number of H-pyrrole nitrogens is 1. The molecule has 3 aromatic carbocycles. The minimum Gasteiger partial charge on any atom is -0.369 e. The van der Waals surface area contributed by atoms with Crippen molar-refractivity contribution in [2.75, 3.05) is 18.8 Å². The molecular weight excluding hydrogens is 583 g/mol. The number of halogens is 2. The summed E-state index contributed by atoms with van der Waals surface area (Å²) in [4.78, 5) is 38.7. The van der Waals surface area contributed by atoms with Gasteiger partial charge in [-0.1, -0.05) is 71.7 Å². The zero-order chi connectivity index (χ0) is 30.7. The van der Waals surface area contributed by atoms with Gasteiger partial charge in [0.15, 0.2) is 5.95 Å². The maximum atomic E-state index is 13.8. The Morgan fingerprint density at radius 2 is 1.81 bits per heavy atom. The topological polar surface area (TPSA) is 121 Å². The van der Waals surface area contributed by atoms with Crippen LogP contribution in [0.2, 0.25) is 10.0 Å². The summed E-state index contributed by atoms with van der Waals surface area (Å²) >= 11 is 12.4. The second-order valence-corrected chi connectivity index (χ2v) is 12.4. The molecule has 2 amide bonds. The lowest BCUT2D eigenvalue weighted by molar-refractivity contribution is -0.147. The maximum absolute atomic E-state index is 13.8. The van der Waals surface area contributed by atoms with Crippen molar-refractivity contribution in [1.82, 2.24) is 19.8 Å². The molecule has 1 saturated heterocycles. The van der Waals surface area contributed by atoms with E-state index in [1.54, 1.807) is 18.2 Å². The molecule has 1 fully saturated rings. The summed E-state index contributed by atoms with van der Waals surface area (Å²) in [6.45, 7) is 4.77. The van der Waals surface area contributed by atoms with Crippen LogP contribution >= 0.6 is 23.2 Å². The molecule has 4 aromatic rings. The summed E-state index contributed by atoms with van der Waals surface area (Å²) in [6.07, 6.45) is 2.82. The Hall–Kier alpha value is -3.59. The summed E-state index contributed by atoms with van der Waals surface area (Å²) in [7, 11) is 0. The average Bonchev–Trinajstić information content (AvgIpc) is 3.30. The van der Waals surface area contributed by atoms with Crippen LogP contribution in [0.4, 0.5) is 5.95 Å². The van der Waals surface area contributed by atoms with E-state index in [2.05, 4.69) is 34.2 Å². The number of aromatic nitrogens is 2. The normalized spacial score (nSPS) is 17.8. The van der Waals surface area contributed by atoms with Crippen LogP contribution in [-0.2, 0) is 28.9 Å². The predicted octanol–water partition coefficient (Wildman–Crippen LogP) is 5.32. The number of nitrogens with zero attached hydrogens (tertiary/aromatic N) is 3. The lowest BCUT2D eigenvalue weighted by Gasteiger charge is -2.46. The smallest absolute Gasteiger partial charge is 0.240 e. The molecule has 1 aliphatic rings. The van der Waals surface area contributed by atoms with Crippen LogP contribution in [-0.4, -0.2) is 62.8 Å². The molecule has 0 spiro atoms. The summed E-state index contributed by atoms with van der Waals surface area (Å²) < 4.78 is 0. The van der Waals surface area contributed by atoms with Crippen LogP contribution in [0.3, 0.4) is 0 Å². The van der Waals surface area contributed by atoms with Crippen molar-refractivity contribution in [3.8, 4) is 0 Å². The van der Waals surface area contributed by atoms with Gasteiger partial charge in [0.2, 0.25) is 11.8 Å². The Morgan fingerprint density at radius 3 is 2.53 bits per heavy atom. The number of rotatable bonds is 9. The van der Waals surface area contributed by atoms with Gasteiger partial charge in [-0.25, -0.2) is 4.98 Å². The maximum Gasteiger partial charge on any atom is 0.240 e. The standard InChI is InChI=1S/C33H38Cl2N6O2/c1-20-18-41(32(43)29(36)16-25-12-13-26(34)17-28(25)35)27(8-5-9-30-21(2)38-33(37)39-30)19-40(20)31(42)15-22-10-11-23-6-3-4-7-24(23)14-22/h3-4,6-7,10-14,17,20,27,29H,5,8-9,15-16,18-19,36H2,1-2H3,(H3,37,38,39)/t20-,27+,29-/m1/s1. The average molecular weight is 622 g/mol. The van der Waals surface area contributed by atoms with Crippen LogP contribution in [0.1, 0.15) is 42.3 Å². The Labute approximate surface area is 262 Å². The van der Waals surface area contributed by atoms with Crippen molar-refractivity contribution in [3.05, 3.63) is 93.2 Å². The Bertz CT molecular complexity index is 1620. The third-order valence-electron chi connectivity index (χ3n) is 8.35. The molecule has 226 valence electrons. The second kappa shape index (κ2) is 13.4. The van der Waals surface area contributed by atoms with Gasteiger partial charge >= 0.3 is 0 Å². The van der Waals surface area contributed by atoms with Gasteiger partial charge in [-0.2, -0.15) is 0 Å². The third kappa shape index (κ3) is 7.32. The first-order valence-electron chi connectivity index (χ1n) is 14.7. The van der Waals surface area contributed by atoms with Crippen LogP contribution < -0.4 is 11.5 Å². The fraction of sp³-hybridized carbons (Fsp3) is 0.364. The number of aryl methyl sites for hydroxylation is 2. The highest BCUT2D eigenvalue weighted by Crippen LogP contribution is 2.26. The minimum absolute atomic E-state index is 0.0503. The van der Waals surface area contributed by atoms with E-state index < -0.39 is 6.04 Å². The van der Waals surface area contributed by atoms with E-state index in [0.717, 1.165) is 46.1 Å². The number of piperazine rings is 1. The van der Waals surface area contributed by atoms with Crippen LogP contribution in [0.5, 0.6) is 0 Å². The number of hydrogen-bond acceptors (Lipinski definition) is 5. The number of nitrogens with one attached hydrogen (secondary N) is 1. The quantitative estimate of drug-likeness (QED) is 0.234. The monoisotopic (exact) mass is 620 g/mol. The van der Waals surface area contributed by atoms with Crippen molar-refractivity contribution >= 4 is 51.7 Å². The zero-order valence-corrected chi connectivity index (χ0v) is 26.0. The molecule has 5 rings (SSSR count). The Kier molecular flexibility index (Phi) is 9.59. The van der Waals surface area contributed by atoms with Gasteiger partial charge in [0.05, 0.1) is 18.2 Å². The van der Waals surface area contributed by atoms with Crippen LogP contribution in [0.15, 0.2) is 60.7 Å². The number of benzene rings is 3. The second-order valence-electron chi connectivity index (χ2n) is 11.5. The van der Waals surface area contributed by atoms with E-state index in [9.17, 15) is 9.59 Å². The molecule has 8 nitrogen and oxygen atoms in total. The van der Waals surface area contributed by atoms with Gasteiger partial charge in [-0.05, 0) is 73.6 Å². The fourth-order valence-electron chi connectivity index (χ4n) is 6.03. The first-order valence-corrected chi connectivity index (χ1v) is 15.4. The number of aromatic amines is 1. The lowest BCUT2D eigenvalue weighted by Crippen LogP contribution is -2.63. The number of carbonyl (C=O) groups is 2. The van der Waals surface area contributed by atoms with Crippen molar-refractivity contribution in [3.63, 3.8) is 0 Å². The van der Waals surface area contributed by atoms with Gasteiger partial charge in [-0.15, -0.1) is 0 Å². The van der Waals surface area contributed by atoms with Crippen molar-refractivity contribution in [1.29, 1.82) is 0 Å². The number of hydrogen-bond donors (Lipinski definition) is 3. The molecule has 0 unspecified atom stereocenters. The highest BCUT2D eigenvalue weighted by atomic mass is 35.5. The van der Waals surface area contributed by atoms with E-state index in [1.807, 2.05) is 41.8 Å². The molecule has 5 N–H and O–H groups in total. The Morgan fingerprint density at radius 1 is 1.05 bits per heavy atom. The number of nitrogens with two attached hydrogens (primary N) is 2. The van der Waals surface area contributed by atoms with Gasteiger partial charge in [-0.3, -0.25) is 9.59 Å². The number of fused-ring (bicyclic) bond motifs is 1. The first-order chi connectivity index (χ1) is 20.6. The van der Waals surface area contributed by atoms with Crippen LogP contribution in [0, 0.1) is 6.92 Å². The van der Waals surface area contributed by atoms with Gasteiger partial charge in [0.1, 0.15) is 0 Å². The summed E-state index contributed by atoms with van der Waals surface area (Å²) in [6, 6.07) is 18.4. The molecule has 1 aliphatic heterocycles. The van der Waals surface area contributed by atoms with Gasteiger partial charge in [0.25, 0.3) is 0 Å². The van der Waals surface area contributed by atoms with Gasteiger partial charge in [0, 0.05) is 40.9 Å². The fourth-order valence-corrected chi connectivity index (χ4v) is 6.52. The number of nitrogen functional groups attached to an aromatic ring is 1. The molecule has 3 atom stereocenters. The van der Waals surface area contributed by atoms with Gasteiger partial charge < -0.3 is 26.3 Å². The minimum atomic E-state index is -0.775.